The van der Waals surface area contributed by atoms with E-state index in [0.29, 0.717) is 11.4 Å². The third-order valence-corrected chi connectivity index (χ3v) is 3.02. The topological polar surface area (TPSA) is 121 Å². The van der Waals surface area contributed by atoms with Crippen molar-refractivity contribution in [2.45, 2.75) is 0 Å². The van der Waals surface area contributed by atoms with Crippen LogP contribution in [-0.4, -0.2) is 22.4 Å². The van der Waals surface area contributed by atoms with Crippen molar-refractivity contribution in [1.29, 1.82) is 0 Å². The molecule has 4 amide bonds. The largest absolute Gasteiger partial charge is 0.325 e. The monoisotopic (exact) mass is 338 g/mol. The molecule has 0 unspecified atom stereocenters. The number of amides is 4. The van der Waals surface area contributed by atoms with Crippen LogP contribution in [0.4, 0.5) is 32.6 Å². The summed E-state index contributed by atoms with van der Waals surface area (Å²) in [5.74, 6) is -0.0340. The number of carbonyl (C=O) groups is 2. The zero-order valence-corrected chi connectivity index (χ0v) is 12.9. The molecular formula is C16H14N6O3. The Morgan fingerprint density at radius 1 is 0.640 bits per heavy atom. The molecule has 3 rings (SSSR count). The summed E-state index contributed by atoms with van der Waals surface area (Å²) in [5.41, 5.74) is 1.21. The van der Waals surface area contributed by atoms with E-state index in [0.717, 1.165) is 0 Å². The van der Waals surface area contributed by atoms with Gasteiger partial charge in [-0.3, -0.25) is 10.6 Å². The highest BCUT2D eigenvalue weighted by Gasteiger charge is 2.15. The second-order valence-electron chi connectivity index (χ2n) is 4.85. The fraction of sp³-hybridized carbons (Fsp3) is 0. The van der Waals surface area contributed by atoms with Gasteiger partial charge in [0.25, 0.3) is 0 Å². The molecule has 0 aliphatic rings. The number of para-hydroxylation sites is 2. The van der Waals surface area contributed by atoms with Gasteiger partial charge in [0.05, 0.1) is 0 Å². The minimum Gasteiger partial charge on any atom is -0.308 e. The lowest BCUT2D eigenvalue weighted by molar-refractivity contribution is 0.261. The molecule has 3 aromatic rings. The van der Waals surface area contributed by atoms with Gasteiger partial charge in [-0.25, -0.2) is 14.2 Å². The Morgan fingerprint density at radius 2 is 1.04 bits per heavy atom. The van der Waals surface area contributed by atoms with E-state index < -0.39 is 12.1 Å². The van der Waals surface area contributed by atoms with Crippen LogP contribution in [0.1, 0.15) is 0 Å². The van der Waals surface area contributed by atoms with Crippen LogP contribution >= 0.6 is 0 Å². The van der Waals surface area contributed by atoms with Crippen LogP contribution in [0.25, 0.3) is 0 Å². The summed E-state index contributed by atoms with van der Waals surface area (Å²) >= 11 is 0. The lowest BCUT2D eigenvalue weighted by Gasteiger charge is -2.07. The van der Waals surface area contributed by atoms with Crippen molar-refractivity contribution in [2.24, 2.45) is 0 Å². The molecule has 0 bridgehead atoms. The highest BCUT2D eigenvalue weighted by molar-refractivity contribution is 6.04. The molecule has 2 aromatic carbocycles. The average molecular weight is 338 g/mol. The van der Waals surface area contributed by atoms with Gasteiger partial charge in [0, 0.05) is 11.4 Å². The van der Waals surface area contributed by atoms with Crippen molar-refractivity contribution in [3.05, 3.63) is 60.7 Å². The minimum absolute atomic E-state index is 0.0170. The molecule has 1 heterocycles. The van der Waals surface area contributed by atoms with Crippen LogP contribution < -0.4 is 21.3 Å². The number of nitrogens with zero attached hydrogens (tertiary/aromatic N) is 2. The van der Waals surface area contributed by atoms with Gasteiger partial charge in [-0.2, -0.15) is 0 Å². The molecule has 9 nitrogen and oxygen atoms in total. The maximum atomic E-state index is 11.9. The van der Waals surface area contributed by atoms with Gasteiger partial charge in [0.1, 0.15) is 0 Å². The number of hydrogen-bond donors (Lipinski definition) is 4. The first kappa shape index (κ1) is 16.0. The van der Waals surface area contributed by atoms with Gasteiger partial charge < -0.3 is 10.6 Å². The fourth-order valence-electron chi connectivity index (χ4n) is 1.94. The van der Waals surface area contributed by atoms with Gasteiger partial charge in [0.15, 0.2) is 0 Å². The molecule has 0 radical (unpaired) electrons. The van der Waals surface area contributed by atoms with Crippen LogP contribution in [0.3, 0.4) is 0 Å². The molecule has 0 saturated heterocycles. The van der Waals surface area contributed by atoms with E-state index in [4.69, 9.17) is 0 Å². The molecular weight excluding hydrogens is 324 g/mol. The summed E-state index contributed by atoms with van der Waals surface area (Å²) in [7, 11) is 0. The van der Waals surface area contributed by atoms with Crippen LogP contribution in [0.5, 0.6) is 0 Å². The first-order valence-corrected chi connectivity index (χ1v) is 7.29. The van der Waals surface area contributed by atoms with E-state index in [-0.39, 0.29) is 11.6 Å². The Labute approximate surface area is 142 Å². The van der Waals surface area contributed by atoms with E-state index in [2.05, 4.69) is 36.2 Å². The summed E-state index contributed by atoms with van der Waals surface area (Å²) in [6, 6.07) is 16.6. The van der Waals surface area contributed by atoms with Crippen molar-refractivity contribution in [3.8, 4) is 0 Å². The highest BCUT2D eigenvalue weighted by Crippen LogP contribution is 2.17. The number of anilines is 4. The standard InChI is InChI=1S/C16H14N6O3/c23-15(17-11-7-3-1-4-8-11)19-13-14(22-25-21-13)20-16(24)18-12-9-5-2-6-10-12/h1-10H,(H2,17,19,21,23)(H2,18,20,22,24). The molecule has 4 N–H and O–H groups in total. The zero-order valence-electron chi connectivity index (χ0n) is 12.9. The van der Waals surface area contributed by atoms with E-state index in [1.165, 1.54) is 0 Å². The average Bonchev–Trinajstić information content (AvgIpc) is 3.03. The summed E-state index contributed by atoms with van der Waals surface area (Å²) < 4.78 is 4.56. The number of nitrogens with one attached hydrogen (secondary N) is 4. The van der Waals surface area contributed by atoms with Crippen LogP contribution in [-0.2, 0) is 0 Å². The minimum atomic E-state index is -0.548. The Balaban J connectivity index is 1.58. The lowest BCUT2D eigenvalue weighted by Crippen LogP contribution is -2.23. The number of rotatable bonds is 4. The molecule has 0 saturated carbocycles. The molecule has 0 atom stereocenters. The fourth-order valence-corrected chi connectivity index (χ4v) is 1.94. The highest BCUT2D eigenvalue weighted by atomic mass is 16.6. The van der Waals surface area contributed by atoms with E-state index in [9.17, 15) is 9.59 Å². The lowest BCUT2D eigenvalue weighted by atomic mass is 10.3. The second kappa shape index (κ2) is 7.59. The number of hydrogen-bond acceptors (Lipinski definition) is 5. The normalized spacial score (nSPS) is 9.92. The van der Waals surface area contributed by atoms with Crippen molar-refractivity contribution in [1.82, 2.24) is 10.3 Å². The van der Waals surface area contributed by atoms with Gasteiger partial charge in [-0.15, -0.1) is 0 Å². The third kappa shape index (κ3) is 4.55. The summed E-state index contributed by atoms with van der Waals surface area (Å²) in [4.78, 5) is 23.9. The van der Waals surface area contributed by atoms with Gasteiger partial charge in [-0.1, -0.05) is 36.4 Å². The molecule has 0 aliphatic carbocycles. The number of benzene rings is 2. The Morgan fingerprint density at radius 3 is 1.44 bits per heavy atom. The van der Waals surface area contributed by atoms with Crippen LogP contribution in [0.15, 0.2) is 65.3 Å². The molecule has 0 spiro atoms. The van der Waals surface area contributed by atoms with Crippen molar-refractivity contribution >= 4 is 35.1 Å². The molecule has 0 aliphatic heterocycles. The Hall–Kier alpha value is -3.88. The van der Waals surface area contributed by atoms with Gasteiger partial charge >= 0.3 is 12.1 Å². The van der Waals surface area contributed by atoms with Crippen molar-refractivity contribution in [3.63, 3.8) is 0 Å². The number of carbonyl (C=O) groups excluding carboxylic acids is 2. The summed E-state index contributed by atoms with van der Waals surface area (Å²) in [6.07, 6.45) is 0. The Kier molecular flexibility index (Phi) is 4.86. The predicted molar refractivity (Wildman–Crippen MR) is 92.5 cm³/mol. The molecule has 9 heteroatoms. The van der Waals surface area contributed by atoms with Gasteiger partial charge in [0.2, 0.25) is 11.6 Å². The summed E-state index contributed by atoms with van der Waals surface area (Å²) in [5, 5.41) is 17.2. The van der Waals surface area contributed by atoms with Crippen molar-refractivity contribution < 1.29 is 14.2 Å². The molecule has 1 aromatic heterocycles. The van der Waals surface area contributed by atoms with Gasteiger partial charge in [-0.05, 0) is 34.6 Å². The van der Waals surface area contributed by atoms with Crippen LogP contribution in [0.2, 0.25) is 0 Å². The van der Waals surface area contributed by atoms with E-state index in [1.54, 1.807) is 48.5 Å². The SMILES string of the molecule is O=C(Nc1ccccc1)Nc1nonc1NC(=O)Nc1ccccc1. The van der Waals surface area contributed by atoms with Crippen molar-refractivity contribution in [2.75, 3.05) is 21.3 Å². The number of aromatic nitrogens is 2. The van der Waals surface area contributed by atoms with E-state index in [1.807, 2.05) is 12.1 Å². The molecule has 126 valence electrons. The third-order valence-electron chi connectivity index (χ3n) is 3.02. The first-order valence-electron chi connectivity index (χ1n) is 7.29. The van der Waals surface area contributed by atoms with Crippen LogP contribution in [0, 0.1) is 0 Å². The quantitative estimate of drug-likeness (QED) is 0.581. The maximum Gasteiger partial charge on any atom is 0.325 e. The molecule has 25 heavy (non-hydrogen) atoms. The smallest absolute Gasteiger partial charge is 0.308 e. The summed E-state index contributed by atoms with van der Waals surface area (Å²) in [6.45, 7) is 0. The zero-order chi connectivity index (χ0) is 17.5. The number of urea groups is 2. The van der Waals surface area contributed by atoms with E-state index >= 15 is 0 Å². The molecule has 0 fully saturated rings. The Bertz CT molecular complexity index is 781. The second-order valence-corrected chi connectivity index (χ2v) is 4.85. The predicted octanol–water partition coefficient (Wildman–Crippen LogP) is 3.36. The first-order chi connectivity index (χ1) is 12.2. The maximum absolute atomic E-state index is 11.9.